The Bertz CT molecular complexity index is 2590. The second kappa shape index (κ2) is 20.6. The van der Waals surface area contributed by atoms with Crippen LogP contribution in [0.5, 0.6) is 0 Å². The molecule has 6 aliphatic rings. The van der Waals surface area contributed by atoms with Gasteiger partial charge in [0.25, 0.3) is 16.6 Å². The summed E-state index contributed by atoms with van der Waals surface area (Å²) in [5.74, 6) is -3.52. The first-order valence-corrected chi connectivity index (χ1v) is 32.4. The van der Waals surface area contributed by atoms with Gasteiger partial charge in [0.15, 0.2) is 5.79 Å². The normalized spacial score (nSPS) is 30.7. The van der Waals surface area contributed by atoms with Crippen LogP contribution in [0, 0.1) is 0 Å². The van der Waals surface area contributed by atoms with Gasteiger partial charge in [0.05, 0.1) is 12.2 Å². The van der Waals surface area contributed by atoms with Crippen molar-refractivity contribution in [1.82, 2.24) is 0 Å². The minimum absolute atomic E-state index is 0.263. The molecule has 10 atom stereocenters. The summed E-state index contributed by atoms with van der Waals surface area (Å²) in [6, 6.07) is 65.1. The van der Waals surface area contributed by atoms with E-state index in [2.05, 4.69) is 224 Å². The van der Waals surface area contributed by atoms with Gasteiger partial charge in [0.2, 0.25) is 11.6 Å². The fourth-order valence-electron chi connectivity index (χ4n) is 14.5. The van der Waals surface area contributed by atoms with E-state index in [1.54, 1.807) is 0 Å². The molecule has 3 spiro atoms. The maximum Gasteiger partial charge on any atom is 0.261 e. The third kappa shape index (κ3) is 8.97. The summed E-state index contributed by atoms with van der Waals surface area (Å²) in [6.45, 7) is 14.1. The Labute approximate surface area is 454 Å². The molecule has 0 radical (unpaired) electrons. The third-order valence-electron chi connectivity index (χ3n) is 17.9. The lowest BCUT2D eigenvalue weighted by atomic mass is 9.79. The van der Waals surface area contributed by atoms with Crippen LogP contribution in [0.25, 0.3) is 0 Å². The van der Waals surface area contributed by atoms with E-state index in [-0.39, 0.29) is 22.3 Å². The van der Waals surface area contributed by atoms with Crippen LogP contribution < -0.4 is 20.7 Å². The molecule has 6 aromatic rings. The highest BCUT2D eigenvalue weighted by atomic mass is 28.4. The molecule has 12 rings (SSSR count). The minimum atomic E-state index is -3.34. The zero-order valence-corrected chi connectivity index (χ0v) is 47.5. The van der Waals surface area contributed by atoms with E-state index in [0.29, 0.717) is 12.8 Å². The topological polar surface area (TPSA) is 73.8 Å². The van der Waals surface area contributed by atoms with Crippen molar-refractivity contribution in [3.63, 3.8) is 0 Å². The molecule has 2 saturated carbocycles. The van der Waals surface area contributed by atoms with Crippen LogP contribution in [-0.2, 0) is 37.3 Å². The molecule has 8 nitrogen and oxygen atoms in total. The van der Waals surface area contributed by atoms with E-state index < -0.39 is 70.6 Å². The molecule has 0 unspecified atom stereocenters. The first kappa shape index (κ1) is 52.2. The molecule has 10 heteroatoms. The van der Waals surface area contributed by atoms with Crippen LogP contribution >= 0.6 is 0 Å². The molecule has 398 valence electrons. The number of fused-ring (bicyclic) bond motifs is 3. The number of ether oxygens (including phenoxy) is 6. The van der Waals surface area contributed by atoms with Gasteiger partial charge in [0.1, 0.15) is 36.6 Å². The van der Waals surface area contributed by atoms with E-state index in [1.807, 2.05) is 0 Å². The van der Waals surface area contributed by atoms with Crippen molar-refractivity contribution in [3.8, 4) is 0 Å². The van der Waals surface area contributed by atoms with Gasteiger partial charge in [-0.2, -0.15) is 0 Å². The molecule has 0 amide bonds. The fraction of sp³-hybridized carbons (Fsp3) is 0.455. The zero-order valence-electron chi connectivity index (χ0n) is 45.5. The number of hydrogen-bond donors (Lipinski definition) is 0. The predicted octanol–water partition coefficient (Wildman–Crippen LogP) is 12.4. The van der Waals surface area contributed by atoms with Crippen molar-refractivity contribution < 1.29 is 37.3 Å². The van der Waals surface area contributed by atoms with Crippen molar-refractivity contribution in [3.05, 3.63) is 193 Å². The van der Waals surface area contributed by atoms with Crippen molar-refractivity contribution >= 4 is 37.4 Å². The van der Waals surface area contributed by atoms with E-state index in [4.69, 9.17) is 37.3 Å². The molecule has 0 bridgehead atoms. The van der Waals surface area contributed by atoms with Gasteiger partial charge in [-0.15, -0.1) is 0 Å². The molecule has 0 aromatic heterocycles. The summed E-state index contributed by atoms with van der Waals surface area (Å²) in [5, 5.41) is 3.99. The Hall–Kier alpha value is -4.57. The number of hydrogen-bond acceptors (Lipinski definition) is 8. The number of rotatable bonds is 10. The molecule has 76 heavy (non-hydrogen) atoms. The highest BCUT2D eigenvalue weighted by Crippen LogP contribution is 2.60. The Kier molecular flexibility index (Phi) is 14.1. The molecule has 2 aliphatic carbocycles. The average Bonchev–Trinajstić information content (AvgIpc) is 3.81. The van der Waals surface area contributed by atoms with Gasteiger partial charge in [-0.25, -0.2) is 0 Å². The Morgan fingerprint density at radius 1 is 0.355 bits per heavy atom. The second-order valence-electron chi connectivity index (χ2n) is 24.6. The second-order valence-corrected chi connectivity index (χ2v) is 33.1. The van der Waals surface area contributed by atoms with Crippen molar-refractivity contribution in [2.24, 2.45) is 0 Å². The van der Waals surface area contributed by atoms with Gasteiger partial charge in [-0.1, -0.05) is 230 Å². The first-order chi connectivity index (χ1) is 36.8. The highest BCUT2D eigenvalue weighted by Gasteiger charge is 2.74. The van der Waals surface area contributed by atoms with Crippen LogP contribution in [0.4, 0.5) is 0 Å². The Balaban J connectivity index is 1.11. The van der Waals surface area contributed by atoms with E-state index in [1.165, 1.54) is 20.7 Å². The molecule has 4 saturated heterocycles. The fourth-order valence-corrected chi connectivity index (χ4v) is 23.8. The van der Waals surface area contributed by atoms with Gasteiger partial charge in [-0.3, -0.25) is 0 Å². The van der Waals surface area contributed by atoms with Crippen molar-refractivity contribution in [2.45, 2.75) is 188 Å². The molecule has 6 fully saturated rings. The van der Waals surface area contributed by atoms with E-state index in [9.17, 15) is 0 Å². The Morgan fingerprint density at radius 3 is 0.974 bits per heavy atom. The quantitative estimate of drug-likeness (QED) is 0.126. The monoisotopic (exact) mass is 1050 g/mol. The predicted molar refractivity (Wildman–Crippen MR) is 304 cm³/mol. The third-order valence-corrected chi connectivity index (χ3v) is 28.0. The van der Waals surface area contributed by atoms with Gasteiger partial charge in [0, 0.05) is 25.7 Å². The molecular weight excluding hydrogens is 977 g/mol. The molecule has 4 aliphatic heterocycles. The SMILES string of the molecule is CC(C)(C)[Si](O[C@H]1[C@@H]2OC3(CCCCC3)O[C@@H]2[C@H](O[Si](c2ccccc2)(c2ccccc2)C(C)(C)C)[C@H]2O[C@@]3(CCC[C@@H](c4ccccc4)O3)[C@]3(CCC[C@@H](c4ccccc4)O3)O[C@@H]21)(c1ccccc1)c1ccccc1. The average molecular weight is 1060 g/mol. The summed E-state index contributed by atoms with van der Waals surface area (Å²) in [7, 11) is -6.69. The van der Waals surface area contributed by atoms with Crippen LogP contribution in [0.3, 0.4) is 0 Å². The highest BCUT2D eigenvalue weighted by molar-refractivity contribution is 7.00. The summed E-state index contributed by atoms with van der Waals surface area (Å²) in [5.41, 5.74) is 2.22. The van der Waals surface area contributed by atoms with Crippen LogP contribution in [0.2, 0.25) is 10.1 Å². The zero-order chi connectivity index (χ0) is 52.2. The standard InChI is InChI=1S/C66H78O8Si2/c1-62(2,3)75(50-34-18-9-19-35-50,51-36-20-10-21-37-51)73-60-56-57(70-64(69-56)44-26-13-27-45-64)61(74-76(63(4,5)6,52-38-22-11-23-39-52)53-40-24-12-25-41-53)59-58(60)71-65(46-28-42-54(67-65)48-30-14-7-15-31-48)66(72-59)47-29-43-55(68-66)49-32-16-8-17-33-49/h7-12,14-25,30-41,54-61H,13,26-29,42-47H2,1-6H3/t54-,55-,56-,57+,58-,59-,60-,61-,65-,66-/m0/s1. The summed E-state index contributed by atoms with van der Waals surface area (Å²) in [4.78, 5) is 0. The largest absolute Gasteiger partial charge is 0.399 e. The van der Waals surface area contributed by atoms with Crippen LogP contribution in [0.15, 0.2) is 182 Å². The van der Waals surface area contributed by atoms with Gasteiger partial charge >= 0.3 is 0 Å². The molecule has 6 aromatic carbocycles. The van der Waals surface area contributed by atoms with Gasteiger partial charge in [-0.05, 0) is 80.5 Å². The summed E-state index contributed by atoms with van der Waals surface area (Å²) >= 11 is 0. The maximum absolute atomic E-state index is 8.55. The molecular formula is C66H78O8Si2. The maximum atomic E-state index is 8.55. The molecule has 0 N–H and O–H groups in total. The lowest BCUT2D eigenvalue weighted by molar-refractivity contribution is -0.509. The lowest BCUT2D eigenvalue weighted by Crippen LogP contribution is -2.81. The van der Waals surface area contributed by atoms with E-state index >= 15 is 0 Å². The van der Waals surface area contributed by atoms with Crippen molar-refractivity contribution in [1.29, 1.82) is 0 Å². The molecule has 4 heterocycles. The Morgan fingerprint density at radius 2 is 0.658 bits per heavy atom. The summed E-state index contributed by atoms with van der Waals surface area (Å²) in [6.07, 6.45) is 4.62. The lowest BCUT2D eigenvalue weighted by Gasteiger charge is -2.64. The minimum Gasteiger partial charge on any atom is -0.399 e. The first-order valence-electron chi connectivity index (χ1n) is 28.5. The number of benzene rings is 6. The smallest absolute Gasteiger partial charge is 0.261 e. The van der Waals surface area contributed by atoms with Gasteiger partial charge < -0.3 is 37.3 Å². The van der Waals surface area contributed by atoms with Crippen LogP contribution in [0.1, 0.15) is 136 Å². The van der Waals surface area contributed by atoms with Crippen molar-refractivity contribution in [2.75, 3.05) is 0 Å². The van der Waals surface area contributed by atoms with E-state index in [0.717, 1.165) is 68.9 Å². The van der Waals surface area contributed by atoms with Crippen LogP contribution in [-0.4, -0.2) is 70.6 Å². The summed E-state index contributed by atoms with van der Waals surface area (Å²) < 4.78 is 64.9.